The molecular formula is C58H59NO14S. The first-order valence-electron chi connectivity index (χ1n) is 25.1. The van der Waals surface area contributed by atoms with Crippen LogP contribution in [0.25, 0.3) is 32.0 Å². The Morgan fingerprint density at radius 2 is 1.09 bits per heavy atom. The topological polar surface area (TPSA) is 193 Å². The number of ether oxygens (including phenoxy) is 7. The Kier molecular flexibility index (Phi) is 17.7. The molecule has 74 heavy (non-hydrogen) atoms. The fourth-order valence-electron chi connectivity index (χ4n) is 9.18. The molecule has 0 N–H and O–H groups in total. The Bertz CT molecular complexity index is 3010. The summed E-state index contributed by atoms with van der Waals surface area (Å²) in [7, 11) is 0. The minimum atomic E-state index is -0.531. The van der Waals surface area contributed by atoms with Gasteiger partial charge in [-0.15, -0.1) is 11.3 Å². The van der Waals surface area contributed by atoms with Crippen LogP contribution in [0.5, 0.6) is 28.7 Å². The van der Waals surface area contributed by atoms with Crippen LogP contribution in [0.1, 0.15) is 93.7 Å². The van der Waals surface area contributed by atoms with Gasteiger partial charge >= 0.3 is 35.8 Å². The lowest BCUT2D eigenvalue weighted by atomic mass is 9.82. The summed E-state index contributed by atoms with van der Waals surface area (Å²) in [5, 5.41) is 1.45. The van der Waals surface area contributed by atoms with Crippen molar-refractivity contribution < 1.29 is 66.3 Å². The fraction of sp³-hybridized carbons (Fsp3) is 0.362. The smallest absolute Gasteiger partial charge is 0.330 e. The number of furan rings is 1. The van der Waals surface area contributed by atoms with Gasteiger partial charge in [-0.1, -0.05) is 31.4 Å². The van der Waals surface area contributed by atoms with E-state index in [0.717, 1.165) is 59.9 Å². The monoisotopic (exact) mass is 1030 g/mol. The third kappa shape index (κ3) is 13.7. The van der Waals surface area contributed by atoms with Gasteiger partial charge in [-0.3, -0.25) is 19.2 Å². The van der Waals surface area contributed by atoms with Gasteiger partial charge in [-0.2, -0.15) is 0 Å². The molecule has 4 aromatic carbocycles. The maximum Gasteiger partial charge on any atom is 0.330 e. The van der Waals surface area contributed by atoms with Gasteiger partial charge in [0.05, 0.1) is 36.9 Å². The van der Waals surface area contributed by atoms with Crippen molar-refractivity contribution in [3.8, 4) is 39.5 Å². The number of hydrogen-bond acceptors (Lipinski definition) is 16. The number of unbranched alkanes of at least 4 members (excludes halogenated alkanes) is 3. The highest BCUT2D eigenvalue weighted by atomic mass is 32.1. The number of carbonyl (C=O) groups excluding carboxylic acids is 6. The molecular weight excluding hydrogens is 967 g/mol. The van der Waals surface area contributed by atoms with Crippen LogP contribution in [0.3, 0.4) is 0 Å². The van der Waals surface area contributed by atoms with Crippen molar-refractivity contribution >= 4 is 68.3 Å². The minimum absolute atomic E-state index is 0.0672. The van der Waals surface area contributed by atoms with Gasteiger partial charge < -0.3 is 37.6 Å². The third-order valence-corrected chi connectivity index (χ3v) is 14.4. The van der Waals surface area contributed by atoms with Crippen LogP contribution in [0.15, 0.2) is 109 Å². The second-order valence-corrected chi connectivity index (χ2v) is 19.7. The van der Waals surface area contributed by atoms with E-state index < -0.39 is 41.6 Å². The van der Waals surface area contributed by atoms with E-state index >= 15 is 0 Å². The van der Waals surface area contributed by atoms with Crippen LogP contribution in [-0.2, 0) is 44.8 Å². The Morgan fingerprint density at radius 1 is 0.595 bits per heavy atom. The maximum atomic E-state index is 13.8. The average Bonchev–Trinajstić information content (AvgIpc) is 4.07. The predicted molar refractivity (Wildman–Crippen MR) is 276 cm³/mol. The summed E-state index contributed by atoms with van der Waals surface area (Å²) in [5.41, 5.74) is 3.88. The van der Waals surface area contributed by atoms with Crippen molar-refractivity contribution in [2.45, 2.75) is 97.5 Å². The molecule has 2 saturated carbocycles. The van der Waals surface area contributed by atoms with E-state index in [4.69, 9.17) is 42.6 Å². The molecule has 2 aliphatic rings. The predicted octanol–water partition coefficient (Wildman–Crippen LogP) is 11.9. The molecule has 0 bridgehead atoms. The molecule has 0 unspecified atom stereocenters. The van der Waals surface area contributed by atoms with E-state index in [1.54, 1.807) is 60.7 Å². The van der Waals surface area contributed by atoms with Gasteiger partial charge in [-0.05, 0) is 168 Å². The molecule has 2 aromatic heterocycles. The highest BCUT2D eigenvalue weighted by Crippen LogP contribution is 2.44. The maximum absolute atomic E-state index is 13.8. The quantitative estimate of drug-likeness (QED) is 0.0286. The molecule has 0 amide bonds. The fourth-order valence-corrected chi connectivity index (χ4v) is 10.2. The number of nitrogens with zero attached hydrogens (tertiary/aromatic N) is 1. The van der Waals surface area contributed by atoms with Crippen LogP contribution in [0.4, 0.5) is 0 Å². The third-order valence-electron chi connectivity index (χ3n) is 13.3. The molecule has 2 aliphatic carbocycles. The molecule has 0 aliphatic heterocycles. The number of aryl methyl sites for hydroxylation is 2. The molecule has 2 heterocycles. The van der Waals surface area contributed by atoms with Gasteiger partial charge in [0.1, 0.15) is 39.7 Å². The van der Waals surface area contributed by atoms with Crippen molar-refractivity contribution in [3.05, 3.63) is 121 Å². The summed E-state index contributed by atoms with van der Waals surface area (Å²) in [4.78, 5) is 81.4. The molecule has 0 radical (unpaired) electrons. The second kappa shape index (κ2) is 24.9. The minimum Gasteiger partial charge on any atom is -0.494 e. The summed E-state index contributed by atoms with van der Waals surface area (Å²) < 4.78 is 46.2. The van der Waals surface area contributed by atoms with Crippen molar-refractivity contribution in [1.29, 1.82) is 0 Å². The van der Waals surface area contributed by atoms with Crippen LogP contribution in [0.2, 0.25) is 0 Å². The Morgan fingerprint density at radius 3 is 1.68 bits per heavy atom. The number of fused-ring (bicyclic) bond motifs is 2. The van der Waals surface area contributed by atoms with Gasteiger partial charge in [0, 0.05) is 17.5 Å². The number of esters is 6. The summed E-state index contributed by atoms with van der Waals surface area (Å²) in [6.07, 6.45) is 9.16. The molecule has 15 nitrogen and oxygen atoms in total. The standard InChI is InChI=1S/C58H59NO14S/c1-5-50(60)67-30-10-8-7-9-29-66-42-23-25-44(26-24-42)70-56(63)39-13-17-40(18-14-39)57(64)72-46-27-28-47(53-52(46)59-54(74-53)49-33-45-36(4)31-35(3)32-48(45)71-49)73-58(65)41-19-15-38(16-20-41)55(62)69-43-21-11-37(12-22-43)34-68-51(61)6-2/h5-6,11-12,21-28,31-33,38-41H,1-2,7-10,13-20,29-30,34H2,3-4H3/t38-,39-,40-,41-. The van der Waals surface area contributed by atoms with Crippen LogP contribution < -0.4 is 23.7 Å². The van der Waals surface area contributed by atoms with Crippen LogP contribution in [0, 0.1) is 37.5 Å². The highest BCUT2D eigenvalue weighted by molar-refractivity contribution is 7.22. The van der Waals surface area contributed by atoms with E-state index in [2.05, 4.69) is 19.2 Å². The lowest BCUT2D eigenvalue weighted by molar-refractivity contribution is -0.145. The zero-order chi connectivity index (χ0) is 52.1. The SMILES string of the molecule is C=CC(=O)OCCCCCCOc1ccc(OC(=O)[C@H]2CC[C@H](C(=O)Oc3ccc(OC(=O)[C@H]4CC[C@H](C(=O)Oc5ccc(COC(=O)C=C)cc5)CC4)c4sc(-c5cc6c(C)cc(C)cc6o5)nc34)CC2)cc1. The van der Waals surface area contributed by atoms with Crippen molar-refractivity contribution in [1.82, 2.24) is 4.98 Å². The lowest BCUT2D eigenvalue weighted by Gasteiger charge is -2.26. The Labute approximate surface area is 432 Å². The van der Waals surface area contributed by atoms with Gasteiger partial charge in [0.25, 0.3) is 0 Å². The zero-order valence-electron chi connectivity index (χ0n) is 41.6. The zero-order valence-corrected chi connectivity index (χ0v) is 42.4. The van der Waals surface area contributed by atoms with Crippen LogP contribution >= 0.6 is 11.3 Å². The first kappa shape index (κ1) is 52.7. The first-order valence-corrected chi connectivity index (χ1v) is 25.9. The van der Waals surface area contributed by atoms with E-state index in [-0.39, 0.29) is 36.0 Å². The number of hydrogen-bond donors (Lipinski definition) is 0. The molecule has 2 fully saturated rings. The number of carbonyl (C=O) groups is 6. The summed E-state index contributed by atoms with van der Waals surface area (Å²) in [6.45, 7) is 11.7. The Balaban J connectivity index is 0.857. The number of benzene rings is 4. The lowest BCUT2D eigenvalue weighted by Crippen LogP contribution is -2.30. The molecule has 8 rings (SSSR count). The molecule has 0 saturated heterocycles. The largest absolute Gasteiger partial charge is 0.494 e. The summed E-state index contributed by atoms with van der Waals surface area (Å²) in [5.74, 6) is -1.88. The number of aromatic nitrogens is 1. The normalized spacial score (nSPS) is 17.4. The molecule has 6 aromatic rings. The average molecular weight is 1030 g/mol. The van der Waals surface area contributed by atoms with E-state index in [0.29, 0.717) is 108 Å². The Hall–Kier alpha value is -7.59. The van der Waals surface area contributed by atoms with Gasteiger partial charge in [0.2, 0.25) is 0 Å². The van der Waals surface area contributed by atoms with E-state index in [1.807, 2.05) is 26.0 Å². The highest BCUT2D eigenvalue weighted by Gasteiger charge is 2.35. The van der Waals surface area contributed by atoms with Gasteiger partial charge in [0.15, 0.2) is 22.3 Å². The summed E-state index contributed by atoms with van der Waals surface area (Å²) in [6, 6.07) is 22.8. The van der Waals surface area contributed by atoms with Crippen molar-refractivity contribution in [2.24, 2.45) is 23.7 Å². The van der Waals surface area contributed by atoms with Crippen molar-refractivity contribution in [3.63, 3.8) is 0 Å². The molecule has 0 atom stereocenters. The first-order chi connectivity index (χ1) is 35.8. The summed E-state index contributed by atoms with van der Waals surface area (Å²) >= 11 is 1.26. The van der Waals surface area contributed by atoms with E-state index in [1.165, 1.54) is 11.3 Å². The molecule has 386 valence electrons. The van der Waals surface area contributed by atoms with Crippen LogP contribution in [-0.4, -0.2) is 54.0 Å². The van der Waals surface area contributed by atoms with Crippen molar-refractivity contribution in [2.75, 3.05) is 13.2 Å². The van der Waals surface area contributed by atoms with E-state index in [9.17, 15) is 28.8 Å². The number of thiazole rings is 1. The molecule has 0 spiro atoms. The molecule has 16 heteroatoms. The second-order valence-electron chi connectivity index (χ2n) is 18.7. The van der Waals surface area contributed by atoms with Gasteiger partial charge in [-0.25, -0.2) is 14.6 Å². The number of rotatable bonds is 21.